The van der Waals surface area contributed by atoms with Gasteiger partial charge in [0, 0.05) is 30.9 Å². The molecule has 0 aromatic heterocycles. The summed E-state index contributed by atoms with van der Waals surface area (Å²) in [5.41, 5.74) is 1.01. The van der Waals surface area contributed by atoms with E-state index in [1.165, 1.54) is 19.3 Å². The van der Waals surface area contributed by atoms with E-state index in [2.05, 4.69) is 15.5 Å². The number of amides is 4. The summed E-state index contributed by atoms with van der Waals surface area (Å²) in [5.74, 6) is 0.205. The maximum absolute atomic E-state index is 13.3. The average Bonchev–Trinajstić information content (AvgIpc) is 3.03. The van der Waals surface area contributed by atoms with Crippen LogP contribution in [0.15, 0.2) is 42.5 Å². The second kappa shape index (κ2) is 9.48. The molecule has 0 aliphatic carbocycles. The molecule has 0 radical (unpaired) electrons. The zero-order valence-corrected chi connectivity index (χ0v) is 19.8. The number of benzene rings is 2. The predicted molar refractivity (Wildman–Crippen MR) is 131 cm³/mol. The minimum atomic E-state index is -1.31. The maximum atomic E-state index is 13.3. The Balaban J connectivity index is 1.24. The van der Waals surface area contributed by atoms with Crippen LogP contribution in [-0.2, 0) is 15.1 Å². The van der Waals surface area contributed by atoms with E-state index in [0.29, 0.717) is 36.0 Å². The molecule has 4 amide bonds. The van der Waals surface area contributed by atoms with Crippen LogP contribution in [0.2, 0.25) is 0 Å². The van der Waals surface area contributed by atoms with Crippen LogP contribution >= 0.6 is 0 Å². The van der Waals surface area contributed by atoms with Crippen LogP contribution in [0.4, 0.5) is 16.2 Å². The molecule has 0 saturated carbocycles. The minimum absolute atomic E-state index is 0.376. The lowest BCUT2D eigenvalue weighted by atomic mass is 9.91. The maximum Gasteiger partial charge on any atom is 0.325 e. The Labute approximate surface area is 204 Å². The smallest absolute Gasteiger partial charge is 0.325 e. The first-order chi connectivity index (χ1) is 16.9. The molecule has 9 nitrogen and oxygen atoms in total. The molecule has 1 atom stereocenters. The van der Waals surface area contributed by atoms with Crippen molar-refractivity contribution in [3.8, 4) is 11.5 Å². The fourth-order valence-electron chi connectivity index (χ4n) is 4.76. The molecular formula is C26H30N4O5. The van der Waals surface area contributed by atoms with Gasteiger partial charge in [-0.15, -0.1) is 0 Å². The van der Waals surface area contributed by atoms with E-state index >= 15 is 0 Å². The number of fused-ring (bicyclic) bond motifs is 1. The average molecular weight is 479 g/mol. The third-order valence-electron chi connectivity index (χ3n) is 6.77. The number of nitrogens with zero attached hydrogens (tertiary/aromatic N) is 2. The number of hydrogen-bond donors (Lipinski definition) is 2. The first-order valence-electron chi connectivity index (χ1n) is 12.1. The van der Waals surface area contributed by atoms with Crippen LogP contribution in [0.3, 0.4) is 0 Å². The van der Waals surface area contributed by atoms with Crippen molar-refractivity contribution in [1.29, 1.82) is 0 Å². The Morgan fingerprint density at radius 2 is 1.69 bits per heavy atom. The second-order valence-corrected chi connectivity index (χ2v) is 9.30. The lowest BCUT2D eigenvalue weighted by Crippen LogP contribution is -2.42. The molecule has 0 bridgehead atoms. The largest absolute Gasteiger partial charge is 0.490 e. The molecule has 9 heteroatoms. The van der Waals surface area contributed by atoms with Gasteiger partial charge in [0.1, 0.15) is 12.1 Å². The highest BCUT2D eigenvalue weighted by Crippen LogP contribution is 2.36. The summed E-state index contributed by atoms with van der Waals surface area (Å²) in [4.78, 5) is 41.9. The summed E-state index contributed by atoms with van der Waals surface area (Å²) in [6.07, 6.45) is 4.41. The SMILES string of the molecule is C[C@]1(c2ccc3c(c2)OCCCO3)NC(=O)N(CC(=O)Nc2ccc(N3CCCCC3)cc2)C1=O. The first kappa shape index (κ1) is 23.0. The minimum Gasteiger partial charge on any atom is -0.490 e. The number of carbonyl (C=O) groups excluding carboxylic acids is 3. The molecule has 3 aliphatic heterocycles. The van der Waals surface area contributed by atoms with Gasteiger partial charge < -0.3 is 25.0 Å². The number of anilines is 2. The van der Waals surface area contributed by atoms with E-state index < -0.39 is 23.4 Å². The van der Waals surface area contributed by atoms with E-state index in [1.54, 1.807) is 25.1 Å². The van der Waals surface area contributed by atoms with Crippen molar-refractivity contribution in [2.75, 3.05) is 43.1 Å². The third kappa shape index (κ3) is 4.62. The van der Waals surface area contributed by atoms with Crippen LogP contribution in [0.5, 0.6) is 11.5 Å². The Kier molecular flexibility index (Phi) is 6.23. The fraction of sp³-hybridized carbons (Fsp3) is 0.423. The topological polar surface area (TPSA) is 100 Å². The van der Waals surface area contributed by atoms with Gasteiger partial charge in [0.25, 0.3) is 5.91 Å². The second-order valence-electron chi connectivity index (χ2n) is 9.30. The Bertz CT molecular complexity index is 1130. The summed E-state index contributed by atoms with van der Waals surface area (Å²) in [5, 5.41) is 5.52. The van der Waals surface area contributed by atoms with Gasteiger partial charge in [0.2, 0.25) is 5.91 Å². The van der Waals surface area contributed by atoms with Gasteiger partial charge in [-0.05, 0) is 68.1 Å². The number of urea groups is 1. The predicted octanol–water partition coefficient (Wildman–Crippen LogP) is 3.24. The van der Waals surface area contributed by atoms with E-state index in [9.17, 15) is 14.4 Å². The van der Waals surface area contributed by atoms with Gasteiger partial charge in [0.05, 0.1) is 13.2 Å². The van der Waals surface area contributed by atoms with Crippen LogP contribution in [-0.4, -0.2) is 55.6 Å². The van der Waals surface area contributed by atoms with E-state index in [-0.39, 0.29) is 6.54 Å². The van der Waals surface area contributed by atoms with Gasteiger partial charge in [-0.1, -0.05) is 6.07 Å². The summed E-state index contributed by atoms with van der Waals surface area (Å²) in [7, 11) is 0. The fourth-order valence-corrected chi connectivity index (χ4v) is 4.76. The zero-order chi connectivity index (χ0) is 24.4. The van der Waals surface area contributed by atoms with Crippen LogP contribution in [0.1, 0.15) is 38.2 Å². The molecule has 2 aromatic rings. The van der Waals surface area contributed by atoms with Gasteiger partial charge in [-0.2, -0.15) is 0 Å². The number of hydrogen-bond acceptors (Lipinski definition) is 6. The van der Waals surface area contributed by atoms with Gasteiger partial charge in [0.15, 0.2) is 11.5 Å². The van der Waals surface area contributed by atoms with Crippen LogP contribution in [0.25, 0.3) is 0 Å². The Hall–Kier alpha value is -3.75. The normalized spacial score (nSPS) is 22.0. The standard InChI is InChI=1S/C26H30N4O5/c1-26(18-6-11-21-22(16-18)35-15-5-14-34-21)24(32)30(25(33)28-26)17-23(31)27-19-7-9-20(10-8-19)29-12-3-2-4-13-29/h6-11,16H,2-5,12-15,17H2,1H3,(H,27,31)(H,28,33)/t26-/m1/s1. The quantitative estimate of drug-likeness (QED) is 0.640. The number of ether oxygens (including phenoxy) is 2. The van der Waals surface area contributed by atoms with Gasteiger partial charge >= 0.3 is 6.03 Å². The number of piperidine rings is 1. The van der Waals surface area contributed by atoms with E-state index in [0.717, 1.165) is 30.1 Å². The molecule has 2 N–H and O–H groups in total. The lowest BCUT2D eigenvalue weighted by molar-refractivity contribution is -0.133. The molecular weight excluding hydrogens is 448 g/mol. The summed E-state index contributed by atoms with van der Waals surface area (Å²) < 4.78 is 11.4. The van der Waals surface area contributed by atoms with Crippen molar-refractivity contribution in [3.05, 3.63) is 48.0 Å². The molecule has 5 rings (SSSR count). The highest BCUT2D eigenvalue weighted by molar-refractivity contribution is 6.10. The van der Waals surface area contributed by atoms with Crippen molar-refractivity contribution in [2.45, 2.75) is 38.1 Å². The number of carbonyl (C=O) groups is 3. The van der Waals surface area contributed by atoms with E-state index in [1.807, 2.05) is 24.3 Å². The first-order valence-corrected chi connectivity index (χ1v) is 12.1. The number of imide groups is 1. The third-order valence-corrected chi connectivity index (χ3v) is 6.77. The highest BCUT2D eigenvalue weighted by atomic mass is 16.5. The molecule has 184 valence electrons. The van der Waals surface area contributed by atoms with Crippen molar-refractivity contribution in [2.24, 2.45) is 0 Å². The molecule has 3 aliphatic rings. The van der Waals surface area contributed by atoms with Crippen LogP contribution in [0, 0.1) is 0 Å². The van der Waals surface area contributed by atoms with Crippen LogP contribution < -0.4 is 25.0 Å². The molecule has 35 heavy (non-hydrogen) atoms. The van der Waals surface area contributed by atoms with Crippen molar-refractivity contribution in [3.63, 3.8) is 0 Å². The highest BCUT2D eigenvalue weighted by Gasteiger charge is 2.49. The van der Waals surface area contributed by atoms with Crippen molar-refractivity contribution < 1.29 is 23.9 Å². The molecule has 0 unspecified atom stereocenters. The lowest BCUT2D eigenvalue weighted by Gasteiger charge is -2.28. The molecule has 0 spiro atoms. The summed E-state index contributed by atoms with van der Waals surface area (Å²) >= 11 is 0. The molecule has 2 saturated heterocycles. The van der Waals surface area contributed by atoms with E-state index in [4.69, 9.17) is 9.47 Å². The monoisotopic (exact) mass is 478 g/mol. The number of nitrogens with one attached hydrogen (secondary N) is 2. The van der Waals surface area contributed by atoms with Crippen molar-refractivity contribution in [1.82, 2.24) is 10.2 Å². The molecule has 2 aromatic carbocycles. The zero-order valence-electron chi connectivity index (χ0n) is 19.8. The van der Waals surface area contributed by atoms with Gasteiger partial charge in [-0.3, -0.25) is 14.5 Å². The summed E-state index contributed by atoms with van der Waals surface area (Å²) in [6, 6.07) is 12.2. The molecule has 3 heterocycles. The van der Waals surface area contributed by atoms with Gasteiger partial charge in [-0.25, -0.2) is 4.79 Å². The Morgan fingerprint density at radius 1 is 0.971 bits per heavy atom. The van der Waals surface area contributed by atoms with Crippen molar-refractivity contribution >= 4 is 29.2 Å². The molecule has 2 fully saturated rings. The number of rotatable bonds is 5. The Morgan fingerprint density at radius 3 is 2.43 bits per heavy atom. The summed E-state index contributed by atoms with van der Waals surface area (Å²) in [6.45, 7) is 4.41.